The maximum absolute atomic E-state index is 13.2. The lowest BCUT2D eigenvalue weighted by Crippen LogP contribution is -2.64. The van der Waals surface area contributed by atoms with E-state index in [0.717, 1.165) is 35.9 Å². The monoisotopic (exact) mass is 699 g/mol. The third-order valence-corrected chi connectivity index (χ3v) is 9.71. The normalized spacial score (nSPS) is 20.7. The zero-order valence-corrected chi connectivity index (χ0v) is 29.2. The standard InChI is InChI=1S/C37H48F3N5O5/c1-5-50-22-21-45-31-16-9-8-15-30(31)43-35(45)42-27-17-19-44(20-18-27)36(49-4)32(47-2)24-29(34(41)46)28(33(36)48-3)14-7-6-11-25-12-10-13-26(23-25)37(38,39)40/h8-10,12-13,15-16,23-24,27,33H,5-7,11,14,17-22H2,1-4H3,(H2,41,46)(H,42,43). The highest BCUT2D eigenvalue weighted by atomic mass is 19.4. The molecule has 2 aromatic carbocycles. The van der Waals surface area contributed by atoms with Crippen molar-refractivity contribution in [2.45, 2.75) is 76.0 Å². The number of anilines is 1. The number of hydrogen-bond acceptors (Lipinski definition) is 8. The molecular weight excluding hydrogens is 651 g/mol. The van der Waals surface area contributed by atoms with Crippen LogP contribution in [0.3, 0.4) is 0 Å². The fourth-order valence-corrected chi connectivity index (χ4v) is 7.29. The minimum absolute atomic E-state index is 0.134. The number of unbranched alkanes of at least 4 members (excludes halogenated alkanes) is 1. The molecule has 0 radical (unpaired) electrons. The molecule has 2 atom stereocenters. The van der Waals surface area contributed by atoms with Crippen LogP contribution < -0.4 is 11.1 Å². The van der Waals surface area contributed by atoms with E-state index in [4.69, 9.17) is 29.7 Å². The van der Waals surface area contributed by atoms with E-state index in [-0.39, 0.29) is 6.04 Å². The van der Waals surface area contributed by atoms with Crippen molar-refractivity contribution in [3.8, 4) is 0 Å². The Hall–Kier alpha value is -3.91. The molecule has 2 unspecified atom stereocenters. The van der Waals surface area contributed by atoms with Crippen LogP contribution in [0, 0.1) is 0 Å². The number of benzene rings is 2. The molecule has 2 heterocycles. The fraction of sp³-hybridized carbons (Fsp3) is 0.514. The second kappa shape index (κ2) is 16.4. The zero-order chi connectivity index (χ0) is 35.9. The minimum Gasteiger partial charge on any atom is -0.496 e. The molecule has 1 amide bonds. The first-order valence-electron chi connectivity index (χ1n) is 17.1. The lowest BCUT2D eigenvalue weighted by molar-refractivity contribution is -0.198. The summed E-state index contributed by atoms with van der Waals surface area (Å²) in [6.45, 7) is 5.14. The van der Waals surface area contributed by atoms with Crippen molar-refractivity contribution >= 4 is 22.9 Å². The van der Waals surface area contributed by atoms with Gasteiger partial charge in [0.15, 0.2) is 0 Å². The van der Waals surface area contributed by atoms with Crippen molar-refractivity contribution in [1.82, 2.24) is 14.5 Å². The third kappa shape index (κ3) is 7.85. The van der Waals surface area contributed by atoms with Crippen molar-refractivity contribution in [3.63, 3.8) is 0 Å². The summed E-state index contributed by atoms with van der Waals surface area (Å²) in [6, 6.07) is 13.6. The van der Waals surface area contributed by atoms with E-state index in [1.807, 2.05) is 25.1 Å². The van der Waals surface area contributed by atoms with Crippen molar-refractivity contribution in [2.75, 3.05) is 52.9 Å². The quantitative estimate of drug-likeness (QED) is 0.174. The number of halogens is 3. The van der Waals surface area contributed by atoms with E-state index in [1.165, 1.54) is 19.2 Å². The smallest absolute Gasteiger partial charge is 0.416 e. The van der Waals surface area contributed by atoms with Gasteiger partial charge in [0.2, 0.25) is 17.6 Å². The largest absolute Gasteiger partial charge is 0.496 e. The molecule has 1 fully saturated rings. The van der Waals surface area contributed by atoms with Gasteiger partial charge >= 0.3 is 6.18 Å². The molecule has 1 aliphatic carbocycles. The Morgan fingerprint density at radius 2 is 1.80 bits per heavy atom. The summed E-state index contributed by atoms with van der Waals surface area (Å²) in [5, 5.41) is 3.68. The highest BCUT2D eigenvalue weighted by Gasteiger charge is 2.54. The highest BCUT2D eigenvalue weighted by molar-refractivity contribution is 5.96. The van der Waals surface area contributed by atoms with Crippen LogP contribution in [-0.2, 0) is 42.9 Å². The second-order valence-corrected chi connectivity index (χ2v) is 12.6. The van der Waals surface area contributed by atoms with Crippen LogP contribution in [0.1, 0.15) is 50.2 Å². The first-order chi connectivity index (χ1) is 24.1. The van der Waals surface area contributed by atoms with Gasteiger partial charge in [0.1, 0.15) is 11.9 Å². The van der Waals surface area contributed by atoms with Gasteiger partial charge in [-0.3, -0.25) is 9.69 Å². The molecule has 3 aromatic rings. The summed E-state index contributed by atoms with van der Waals surface area (Å²) >= 11 is 0. The Bertz CT molecular complexity index is 1680. The summed E-state index contributed by atoms with van der Waals surface area (Å²) in [5.74, 6) is 0.601. The summed E-state index contributed by atoms with van der Waals surface area (Å²) in [6.07, 6.45) is 0.141. The molecule has 0 bridgehead atoms. The number of aromatic nitrogens is 2. The molecule has 272 valence electrons. The average Bonchev–Trinajstić information content (AvgIpc) is 3.46. The topological polar surface area (TPSA) is 113 Å². The molecule has 1 aromatic heterocycles. The Morgan fingerprint density at radius 1 is 1.06 bits per heavy atom. The van der Waals surface area contributed by atoms with Crippen molar-refractivity contribution in [2.24, 2.45) is 5.73 Å². The van der Waals surface area contributed by atoms with E-state index in [0.29, 0.717) is 81.0 Å². The zero-order valence-electron chi connectivity index (χ0n) is 29.2. The van der Waals surface area contributed by atoms with Gasteiger partial charge in [0, 0.05) is 52.1 Å². The number of fused-ring (bicyclic) bond motifs is 1. The number of carbonyl (C=O) groups excluding carboxylic acids is 1. The molecular formula is C37H48F3N5O5. The minimum atomic E-state index is -4.40. The first kappa shape index (κ1) is 37.3. The van der Waals surface area contributed by atoms with Crippen molar-refractivity contribution < 1.29 is 36.9 Å². The van der Waals surface area contributed by atoms with Gasteiger partial charge in [-0.05, 0) is 80.9 Å². The number of carbonyl (C=O) groups is 1. The van der Waals surface area contributed by atoms with Crippen molar-refractivity contribution in [1.29, 1.82) is 0 Å². The van der Waals surface area contributed by atoms with Crippen LogP contribution in [-0.4, -0.2) is 85.9 Å². The number of hydrogen-bond donors (Lipinski definition) is 2. The molecule has 0 saturated carbocycles. The van der Waals surface area contributed by atoms with Crippen LogP contribution in [0.5, 0.6) is 0 Å². The predicted octanol–water partition coefficient (Wildman–Crippen LogP) is 6.06. The molecule has 3 N–H and O–H groups in total. The van der Waals surface area contributed by atoms with Crippen LogP contribution in [0.25, 0.3) is 11.0 Å². The number of methoxy groups -OCH3 is 3. The number of para-hydroxylation sites is 2. The van der Waals surface area contributed by atoms with Gasteiger partial charge in [-0.2, -0.15) is 13.2 Å². The van der Waals surface area contributed by atoms with E-state index in [2.05, 4.69) is 20.9 Å². The van der Waals surface area contributed by atoms with Crippen LogP contribution in [0.2, 0.25) is 0 Å². The molecule has 0 spiro atoms. The third-order valence-electron chi connectivity index (χ3n) is 9.71. The Labute approximate surface area is 291 Å². The SMILES string of the molecule is CCOCCn1c(NC2CCN(C3(OC)C(OC)=CC(C(N)=O)=C(CCCCc4cccc(C(F)(F)F)c4)C3OC)CC2)nc2ccccc21. The van der Waals surface area contributed by atoms with Crippen LogP contribution in [0.15, 0.2) is 71.5 Å². The van der Waals surface area contributed by atoms with Gasteiger partial charge in [-0.15, -0.1) is 0 Å². The first-order valence-corrected chi connectivity index (χ1v) is 17.1. The molecule has 2 aliphatic rings. The number of aryl methyl sites for hydroxylation is 1. The number of likely N-dealkylation sites (tertiary alicyclic amines) is 1. The number of rotatable bonds is 16. The summed E-state index contributed by atoms with van der Waals surface area (Å²) in [4.78, 5) is 19.8. The maximum atomic E-state index is 13.2. The molecule has 10 nitrogen and oxygen atoms in total. The second-order valence-electron chi connectivity index (χ2n) is 12.6. The van der Waals surface area contributed by atoms with Crippen LogP contribution in [0.4, 0.5) is 19.1 Å². The van der Waals surface area contributed by atoms with E-state index in [1.54, 1.807) is 26.4 Å². The molecule has 5 rings (SSSR count). The van der Waals surface area contributed by atoms with E-state index < -0.39 is 29.5 Å². The summed E-state index contributed by atoms with van der Waals surface area (Å²) < 4.78 is 65.9. The fourth-order valence-electron chi connectivity index (χ4n) is 7.29. The number of nitrogens with zero attached hydrogens (tertiary/aromatic N) is 3. The lowest BCUT2D eigenvalue weighted by Gasteiger charge is -2.51. The molecule has 1 saturated heterocycles. The van der Waals surface area contributed by atoms with Gasteiger partial charge in [0.25, 0.3) is 0 Å². The summed E-state index contributed by atoms with van der Waals surface area (Å²) in [5.41, 5.74) is 7.58. The predicted molar refractivity (Wildman–Crippen MR) is 185 cm³/mol. The van der Waals surface area contributed by atoms with E-state index in [9.17, 15) is 18.0 Å². The lowest BCUT2D eigenvalue weighted by atomic mass is 9.81. The maximum Gasteiger partial charge on any atom is 0.416 e. The number of alkyl halides is 3. The van der Waals surface area contributed by atoms with Crippen LogP contribution >= 0.6 is 0 Å². The van der Waals surface area contributed by atoms with Gasteiger partial charge in [0.05, 0.1) is 30.3 Å². The highest BCUT2D eigenvalue weighted by Crippen LogP contribution is 2.43. The number of nitrogens with one attached hydrogen (secondary N) is 1. The Balaban J connectivity index is 1.32. The Kier molecular flexibility index (Phi) is 12.3. The number of primary amides is 1. The van der Waals surface area contributed by atoms with Gasteiger partial charge < -0.3 is 34.6 Å². The number of piperidine rings is 1. The van der Waals surface area contributed by atoms with E-state index >= 15 is 0 Å². The Morgan fingerprint density at radius 3 is 2.46 bits per heavy atom. The molecule has 13 heteroatoms. The number of nitrogens with two attached hydrogens (primary N) is 1. The molecule has 1 aliphatic heterocycles. The van der Waals surface area contributed by atoms with Crippen molar-refractivity contribution in [3.05, 3.63) is 82.6 Å². The van der Waals surface area contributed by atoms with Gasteiger partial charge in [-0.25, -0.2) is 4.98 Å². The number of imidazole rings is 1. The number of ether oxygens (including phenoxy) is 4. The average molecular weight is 700 g/mol. The molecule has 50 heavy (non-hydrogen) atoms. The number of amides is 1. The van der Waals surface area contributed by atoms with Gasteiger partial charge in [-0.1, -0.05) is 30.3 Å². The summed E-state index contributed by atoms with van der Waals surface area (Å²) in [7, 11) is 4.70.